The van der Waals surface area contributed by atoms with Crippen LogP contribution >= 0.6 is 0 Å². The summed E-state index contributed by atoms with van der Waals surface area (Å²) in [6, 6.07) is 8.15. The molecule has 1 aromatic heterocycles. The minimum absolute atomic E-state index is 0.00138. The van der Waals surface area contributed by atoms with Gasteiger partial charge in [0, 0.05) is 19.7 Å². The van der Waals surface area contributed by atoms with Gasteiger partial charge in [-0.25, -0.2) is 14.5 Å². The number of benzene rings is 2. The zero-order valence-electron chi connectivity index (χ0n) is 21.8. The molecule has 3 N–H and O–H groups in total. The number of ether oxygens (including phenoxy) is 2. The number of nitrogens with one attached hydrogen (secondary N) is 1. The molecular weight excluding hydrogens is 539 g/mol. The van der Waals surface area contributed by atoms with Gasteiger partial charge in [-0.3, -0.25) is 9.36 Å². The summed E-state index contributed by atoms with van der Waals surface area (Å²) in [6.07, 6.45) is 5.07. The molecule has 0 bridgehead atoms. The molecule has 2 atom stereocenters. The van der Waals surface area contributed by atoms with Crippen molar-refractivity contribution in [3.63, 3.8) is 0 Å². The lowest BCUT2D eigenvalue weighted by molar-refractivity contribution is -0.0418. The van der Waals surface area contributed by atoms with Crippen LogP contribution in [-0.2, 0) is 14.9 Å². The molecule has 13 heteroatoms. The zero-order chi connectivity index (χ0) is 28.2. The highest BCUT2D eigenvalue weighted by Gasteiger charge is 2.48. The maximum atomic E-state index is 15.0. The van der Waals surface area contributed by atoms with Gasteiger partial charge >= 0.3 is 0 Å². The Morgan fingerprint density at radius 2 is 1.98 bits per heavy atom. The molecule has 1 aliphatic carbocycles. The van der Waals surface area contributed by atoms with Crippen LogP contribution < -0.4 is 20.8 Å². The van der Waals surface area contributed by atoms with Crippen LogP contribution in [0.4, 0.5) is 4.39 Å². The molecule has 3 aliphatic rings. The highest BCUT2D eigenvalue weighted by molar-refractivity contribution is 7.86. The van der Waals surface area contributed by atoms with Gasteiger partial charge in [0.2, 0.25) is 0 Å². The Balaban J connectivity index is 1.33. The predicted molar refractivity (Wildman–Crippen MR) is 143 cm³/mol. The molecule has 0 radical (unpaired) electrons. The molecular formula is C27H29FN6O5S. The molecule has 3 fully saturated rings. The number of hydrogen-bond acceptors (Lipinski definition) is 8. The Morgan fingerprint density at radius 3 is 2.65 bits per heavy atom. The maximum Gasteiger partial charge on any atom is 0.277 e. The monoisotopic (exact) mass is 568 g/mol. The van der Waals surface area contributed by atoms with Crippen LogP contribution in [0, 0.1) is 22.6 Å². The van der Waals surface area contributed by atoms with E-state index in [1.165, 1.54) is 25.3 Å². The summed E-state index contributed by atoms with van der Waals surface area (Å²) < 4.78 is 53.0. The highest BCUT2D eigenvalue weighted by Crippen LogP contribution is 2.53. The van der Waals surface area contributed by atoms with Crippen LogP contribution in [0.5, 0.6) is 11.5 Å². The Hall–Kier alpha value is -3.41. The second-order valence-electron chi connectivity index (χ2n) is 10.8. The molecule has 2 aliphatic heterocycles. The van der Waals surface area contributed by atoms with E-state index in [0.717, 1.165) is 49.1 Å². The molecule has 2 saturated heterocycles. The van der Waals surface area contributed by atoms with E-state index >= 15 is 4.39 Å². The lowest BCUT2D eigenvalue weighted by atomic mass is 9.60. The van der Waals surface area contributed by atoms with Gasteiger partial charge in [0.05, 0.1) is 29.4 Å². The Morgan fingerprint density at radius 1 is 1.23 bits per heavy atom. The summed E-state index contributed by atoms with van der Waals surface area (Å²) in [4.78, 5) is 17.9. The van der Waals surface area contributed by atoms with Crippen molar-refractivity contribution in [2.45, 2.75) is 43.9 Å². The van der Waals surface area contributed by atoms with Crippen molar-refractivity contribution in [2.75, 3.05) is 26.7 Å². The molecule has 2 aromatic carbocycles. The number of fused-ring (bicyclic) bond motifs is 1. The normalized spacial score (nSPS) is 22.9. The third-order valence-corrected chi connectivity index (χ3v) is 9.62. The van der Waals surface area contributed by atoms with Crippen molar-refractivity contribution in [1.82, 2.24) is 19.2 Å². The number of nitrogens with zero attached hydrogens (tertiary/aromatic N) is 4. The molecule has 6 rings (SSSR count). The number of aromatic nitrogens is 2. The largest absolute Gasteiger partial charge is 0.453 e. The number of piperidine rings is 1. The molecule has 40 heavy (non-hydrogen) atoms. The van der Waals surface area contributed by atoms with Gasteiger partial charge in [0.25, 0.3) is 15.8 Å². The predicted octanol–water partition coefficient (Wildman–Crippen LogP) is 2.48. The fourth-order valence-corrected chi connectivity index (χ4v) is 7.27. The van der Waals surface area contributed by atoms with Crippen LogP contribution in [0.1, 0.15) is 48.9 Å². The average molecular weight is 569 g/mol. The number of halogens is 1. The Labute approximate surface area is 230 Å². The molecule has 1 spiro atoms. The van der Waals surface area contributed by atoms with Crippen molar-refractivity contribution in [3.05, 3.63) is 64.0 Å². The SMILES string of the molecule is COC1CN(S(N)(=O)=O)C1c1ccc(F)c(Oc2ccc3ncn(C4CC5(CCNCC5)C4)c(=O)c3c2)c1C#N. The van der Waals surface area contributed by atoms with Crippen LogP contribution in [0.3, 0.4) is 0 Å². The Kier molecular flexibility index (Phi) is 6.63. The molecule has 0 amide bonds. The lowest BCUT2D eigenvalue weighted by Crippen LogP contribution is -2.58. The summed E-state index contributed by atoms with van der Waals surface area (Å²) in [5.41, 5.74) is 0.561. The van der Waals surface area contributed by atoms with E-state index in [1.54, 1.807) is 17.0 Å². The molecule has 210 valence electrons. The van der Waals surface area contributed by atoms with Crippen LogP contribution in [0.2, 0.25) is 0 Å². The third kappa shape index (κ3) is 4.46. The first-order chi connectivity index (χ1) is 19.1. The summed E-state index contributed by atoms with van der Waals surface area (Å²) in [5, 5.41) is 19.0. The topological polar surface area (TPSA) is 153 Å². The quantitative estimate of drug-likeness (QED) is 0.460. The number of nitrogens with two attached hydrogens (primary N) is 1. The second-order valence-corrected chi connectivity index (χ2v) is 12.3. The fourth-order valence-electron chi connectivity index (χ4n) is 6.35. The molecule has 11 nitrogen and oxygen atoms in total. The number of nitriles is 1. The van der Waals surface area contributed by atoms with Gasteiger partial charge in [0.15, 0.2) is 11.6 Å². The summed E-state index contributed by atoms with van der Waals surface area (Å²) in [6.45, 7) is 1.99. The zero-order valence-corrected chi connectivity index (χ0v) is 22.7. The molecule has 3 heterocycles. The van der Waals surface area contributed by atoms with Gasteiger partial charge < -0.3 is 14.8 Å². The molecule has 3 aromatic rings. The van der Waals surface area contributed by atoms with Crippen LogP contribution in [0.15, 0.2) is 41.5 Å². The van der Waals surface area contributed by atoms with E-state index in [-0.39, 0.29) is 46.2 Å². The first-order valence-electron chi connectivity index (χ1n) is 13.1. The maximum absolute atomic E-state index is 15.0. The first kappa shape index (κ1) is 26.8. The summed E-state index contributed by atoms with van der Waals surface area (Å²) >= 11 is 0. The van der Waals surface area contributed by atoms with Gasteiger partial charge in [-0.05, 0) is 74.0 Å². The van der Waals surface area contributed by atoms with Gasteiger partial charge in [0.1, 0.15) is 17.4 Å². The number of hydrogen-bond donors (Lipinski definition) is 2. The minimum atomic E-state index is -4.10. The third-order valence-electron chi connectivity index (χ3n) is 8.59. The molecule has 2 unspecified atom stereocenters. The van der Waals surface area contributed by atoms with Crippen molar-refractivity contribution in [1.29, 1.82) is 5.26 Å². The van der Waals surface area contributed by atoms with E-state index in [4.69, 9.17) is 14.6 Å². The van der Waals surface area contributed by atoms with Crippen molar-refractivity contribution >= 4 is 21.1 Å². The van der Waals surface area contributed by atoms with Gasteiger partial charge in [-0.2, -0.15) is 18.0 Å². The molecule has 1 saturated carbocycles. The van der Waals surface area contributed by atoms with Gasteiger partial charge in [-0.15, -0.1) is 0 Å². The van der Waals surface area contributed by atoms with Crippen molar-refractivity contribution < 1.29 is 22.3 Å². The van der Waals surface area contributed by atoms with E-state index in [9.17, 15) is 18.5 Å². The smallest absolute Gasteiger partial charge is 0.277 e. The summed E-state index contributed by atoms with van der Waals surface area (Å²) in [7, 11) is -2.68. The standard InChI is InChI=1S/C27H29FN6O5S/c1-38-23-14-34(40(30,36)37)24(23)18-3-4-21(28)25(20(18)13-29)39-17-2-5-22-19(10-17)26(35)33(15-32-22)16-11-27(12-16)6-8-31-9-7-27/h2-5,10,15-16,23-24,31H,6-9,11-12,14H2,1H3,(H2,30,36,37). The van der Waals surface area contributed by atoms with Crippen molar-refractivity contribution in [3.8, 4) is 17.6 Å². The fraction of sp³-hybridized carbons (Fsp3) is 0.444. The van der Waals surface area contributed by atoms with E-state index in [1.807, 2.05) is 6.07 Å². The van der Waals surface area contributed by atoms with E-state index in [2.05, 4.69) is 10.3 Å². The Bertz CT molecular complexity index is 1690. The summed E-state index contributed by atoms with van der Waals surface area (Å²) in [5.74, 6) is -1.06. The van der Waals surface area contributed by atoms with Gasteiger partial charge in [-0.1, -0.05) is 6.07 Å². The van der Waals surface area contributed by atoms with Crippen LogP contribution in [0.25, 0.3) is 10.9 Å². The number of rotatable bonds is 6. The average Bonchev–Trinajstić information content (AvgIpc) is 2.89. The number of methoxy groups -OCH3 is 1. The van der Waals surface area contributed by atoms with Crippen LogP contribution in [-0.4, -0.2) is 55.1 Å². The minimum Gasteiger partial charge on any atom is -0.453 e. The van der Waals surface area contributed by atoms with Crippen molar-refractivity contribution in [2.24, 2.45) is 10.6 Å². The lowest BCUT2D eigenvalue weighted by Gasteiger charge is -2.50. The first-order valence-corrected chi connectivity index (χ1v) is 14.6. The second kappa shape index (κ2) is 9.90. The highest BCUT2D eigenvalue weighted by atomic mass is 32.2. The van der Waals surface area contributed by atoms with E-state index in [0.29, 0.717) is 10.9 Å². The van der Waals surface area contributed by atoms with E-state index < -0.39 is 28.2 Å².